The quantitative estimate of drug-likeness (QED) is 0.787. The van der Waals surface area contributed by atoms with Crippen molar-refractivity contribution in [1.82, 2.24) is 8.87 Å². The molecule has 0 N–H and O–H groups in total. The first-order valence-corrected chi connectivity index (χ1v) is 10.6. The van der Waals surface area contributed by atoms with Crippen LogP contribution in [-0.4, -0.2) is 36.5 Å². The Labute approximate surface area is 160 Å². The van der Waals surface area contributed by atoms with Gasteiger partial charge in [0.1, 0.15) is 11.9 Å². The van der Waals surface area contributed by atoms with Gasteiger partial charge >= 0.3 is 0 Å². The normalized spacial score (nSPS) is 18.2. The smallest absolute Gasteiger partial charge is 0.254 e. The zero-order chi connectivity index (χ0) is 19.8. The molecule has 7 heteroatoms. The summed E-state index contributed by atoms with van der Waals surface area (Å²) in [6.45, 7) is 6.67. The Morgan fingerprint density at radius 2 is 1.81 bits per heavy atom. The van der Waals surface area contributed by atoms with Crippen LogP contribution in [0.2, 0.25) is 0 Å². The summed E-state index contributed by atoms with van der Waals surface area (Å²) in [5.74, 6) is 0.842. The number of hydrogen-bond donors (Lipinski definition) is 0. The van der Waals surface area contributed by atoms with E-state index in [1.54, 1.807) is 29.8 Å². The van der Waals surface area contributed by atoms with Crippen LogP contribution in [-0.2, 0) is 17.1 Å². The molecule has 0 saturated carbocycles. The molecule has 146 valence electrons. The Kier molecular flexibility index (Phi) is 5.44. The molecule has 1 aromatic heterocycles. The van der Waals surface area contributed by atoms with Crippen molar-refractivity contribution in [2.75, 3.05) is 13.1 Å². The van der Waals surface area contributed by atoms with E-state index >= 15 is 0 Å². The molecule has 3 rings (SSSR count). The third-order valence-electron chi connectivity index (χ3n) is 5.07. The fraction of sp³-hybridized carbons (Fsp3) is 0.450. The number of aromatic nitrogens is 1. The summed E-state index contributed by atoms with van der Waals surface area (Å²) in [4.78, 5) is 12.2. The van der Waals surface area contributed by atoms with Gasteiger partial charge in [-0.3, -0.25) is 4.79 Å². The second-order valence-corrected chi connectivity index (χ2v) is 9.28. The highest BCUT2D eigenvalue weighted by Crippen LogP contribution is 2.25. The molecule has 1 aliphatic heterocycles. The molecule has 0 spiro atoms. The molecular weight excluding hydrogens is 364 g/mol. The topological polar surface area (TPSA) is 68.6 Å². The van der Waals surface area contributed by atoms with Crippen molar-refractivity contribution < 1.29 is 13.2 Å². The Balaban J connectivity index is 1.72. The first-order chi connectivity index (χ1) is 12.7. The van der Waals surface area contributed by atoms with Crippen LogP contribution in [0.4, 0.5) is 0 Å². The number of benzene rings is 1. The molecule has 0 amide bonds. The van der Waals surface area contributed by atoms with E-state index in [1.807, 2.05) is 19.1 Å². The lowest BCUT2D eigenvalue weighted by molar-refractivity contribution is 0.214. The summed E-state index contributed by atoms with van der Waals surface area (Å²) in [6.07, 6.45) is 0.332. The van der Waals surface area contributed by atoms with Gasteiger partial charge in [-0.05, 0) is 43.0 Å². The minimum absolute atomic E-state index is 0.141. The minimum Gasteiger partial charge on any atom is -0.489 e. The van der Waals surface area contributed by atoms with Crippen LogP contribution in [0, 0.1) is 6.92 Å². The molecule has 2 aromatic rings. The highest BCUT2D eigenvalue weighted by molar-refractivity contribution is 7.89. The SMILES string of the molecule is Cc1cc(OC2CCN(S(=O)(=O)c3ccc(C(C)C)cc3)C2)cc(=O)n1C. The maximum absolute atomic E-state index is 12.9. The molecule has 0 aliphatic carbocycles. The van der Waals surface area contributed by atoms with E-state index in [0.717, 1.165) is 11.3 Å². The van der Waals surface area contributed by atoms with Gasteiger partial charge in [0.05, 0.1) is 11.4 Å². The molecule has 1 aliphatic rings. The number of hydrogen-bond acceptors (Lipinski definition) is 4. The van der Waals surface area contributed by atoms with Crippen molar-refractivity contribution in [2.45, 2.75) is 44.1 Å². The molecule has 1 unspecified atom stereocenters. The van der Waals surface area contributed by atoms with Gasteiger partial charge in [0, 0.05) is 25.4 Å². The Hall–Kier alpha value is -2.12. The summed E-state index contributed by atoms with van der Waals surface area (Å²) in [5, 5.41) is 0. The fourth-order valence-electron chi connectivity index (χ4n) is 3.18. The van der Waals surface area contributed by atoms with E-state index in [0.29, 0.717) is 29.5 Å². The first kappa shape index (κ1) is 19.6. The highest BCUT2D eigenvalue weighted by atomic mass is 32.2. The van der Waals surface area contributed by atoms with Gasteiger partial charge < -0.3 is 9.30 Å². The number of ether oxygens (including phenoxy) is 1. The zero-order valence-electron chi connectivity index (χ0n) is 16.2. The maximum atomic E-state index is 12.9. The third kappa shape index (κ3) is 4.09. The van der Waals surface area contributed by atoms with E-state index < -0.39 is 10.0 Å². The van der Waals surface area contributed by atoms with Crippen LogP contribution >= 0.6 is 0 Å². The predicted molar refractivity (Wildman–Crippen MR) is 105 cm³/mol. The maximum Gasteiger partial charge on any atom is 0.254 e. The summed E-state index contributed by atoms with van der Waals surface area (Å²) < 4.78 is 34.6. The van der Waals surface area contributed by atoms with Gasteiger partial charge in [-0.1, -0.05) is 26.0 Å². The van der Waals surface area contributed by atoms with Crippen LogP contribution in [0.25, 0.3) is 0 Å². The van der Waals surface area contributed by atoms with Crippen molar-refractivity contribution >= 4 is 10.0 Å². The molecule has 6 nitrogen and oxygen atoms in total. The lowest BCUT2D eigenvalue weighted by atomic mass is 10.0. The van der Waals surface area contributed by atoms with Gasteiger partial charge in [0.15, 0.2) is 0 Å². The van der Waals surface area contributed by atoms with E-state index in [9.17, 15) is 13.2 Å². The molecule has 2 heterocycles. The van der Waals surface area contributed by atoms with Gasteiger partial charge in [-0.25, -0.2) is 8.42 Å². The molecule has 0 bridgehead atoms. The molecule has 1 aromatic carbocycles. The van der Waals surface area contributed by atoms with Crippen molar-refractivity contribution in [3.8, 4) is 5.75 Å². The summed E-state index contributed by atoms with van der Waals surface area (Å²) in [7, 11) is -1.84. The zero-order valence-corrected chi connectivity index (χ0v) is 17.0. The van der Waals surface area contributed by atoms with Crippen LogP contribution in [0.15, 0.2) is 46.1 Å². The second-order valence-electron chi connectivity index (χ2n) is 7.35. The number of pyridine rings is 1. The largest absolute Gasteiger partial charge is 0.489 e. The Morgan fingerprint density at radius 1 is 1.15 bits per heavy atom. The summed E-state index contributed by atoms with van der Waals surface area (Å²) >= 11 is 0. The molecule has 1 atom stereocenters. The van der Waals surface area contributed by atoms with Gasteiger partial charge in [-0.15, -0.1) is 0 Å². The first-order valence-electron chi connectivity index (χ1n) is 9.13. The van der Waals surface area contributed by atoms with Crippen molar-refractivity contribution in [1.29, 1.82) is 0 Å². The van der Waals surface area contributed by atoms with Crippen LogP contribution in [0.5, 0.6) is 5.75 Å². The number of rotatable bonds is 5. The molecule has 27 heavy (non-hydrogen) atoms. The van der Waals surface area contributed by atoms with E-state index in [-0.39, 0.29) is 18.2 Å². The molecule has 0 radical (unpaired) electrons. The van der Waals surface area contributed by atoms with Crippen molar-refractivity contribution in [3.05, 3.63) is 58.0 Å². The number of sulfonamides is 1. The van der Waals surface area contributed by atoms with E-state index in [1.165, 1.54) is 10.4 Å². The lowest BCUT2D eigenvalue weighted by Crippen LogP contribution is -2.31. The van der Waals surface area contributed by atoms with E-state index in [2.05, 4.69) is 13.8 Å². The van der Waals surface area contributed by atoms with Crippen LogP contribution < -0.4 is 10.3 Å². The third-order valence-corrected chi connectivity index (χ3v) is 6.95. The molecule has 1 fully saturated rings. The van der Waals surface area contributed by atoms with Gasteiger partial charge in [-0.2, -0.15) is 4.31 Å². The Morgan fingerprint density at radius 3 is 2.41 bits per heavy atom. The van der Waals surface area contributed by atoms with Crippen LogP contribution in [0.3, 0.4) is 0 Å². The molecule has 1 saturated heterocycles. The predicted octanol–water partition coefficient (Wildman–Crippen LogP) is 2.66. The van der Waals surface area contributed by atoms with Gasteiger partial charge in [0.2, 0.25) is 10.0 Å². The molecular formula is C20H26N2O4S. The van der Waals surface area contributed by atoms with E-state index in [4.69, 9.17) is 4.74 Å². The average molecular weight is 391 g/mol. The summed E-state index contributed by atoms with van der Waals surface area (Å²) in [6, 6.07) is 10.3. The van der Waals surface area contributed by atoms with Crippen molar-refractivity contribution in [2.24, 2.45) is 7.05 Å². The number of nitrogens with zero attached hydrogens (tertiary/aromatic N) is 2. The lowest BCUT2D eigenvalue weighted by Gasteiger charge is -2.18. The standard InChI is InChI=1S/C20H26N2O4S/c1-14(2)16-5-7-19(8-6-16)27(24,25)22-10-9-17(13-22)26-18-11-15(3)21(4)20(23)12-18/h5-8,11-12,14,17H,9-10,13H2,1-4H3. The van der Waals surface area contributed by atoms with Crippen LogP contribution in [0.1, 0.15) is 37.4 Å². The monoisotopic (exact) mass is 390 g/mol. The fourth-order valence-corrected chi connectivity index (χ4v) is 4.67. The average Bonchev–Trinajstić information content (AvgIpc) is 3.09. The second kappa shape index (κ2) is 7.48. The Bertz CT molecular complexity index is 978. The van der Waals surface area contributed by atoms with Crippen molar-refractivity contribution in [3.63, 3.8) is 0 Å². The highest BCUT2D eigenvalue weighted by Gasteiger charge is 2.33. The minimum atomic E-state index is -3.54. The summed E-state index contributed by atoms with van der Waals surface area (Å²) in [5.41, 5.74) is 1.76. The van der Waals surface area contributed by atoms with Gasteiger partial charge in [0.25, 0.3) is 5.56 Å². The number of aryl methyl sites for hydroxylation is 1.